The number of methoxy groups -OCH3 is 2. The zero-order chi connectivity index (χ0) is 21.4. The highest BCUT2D eigenvalue weighted by atomic mass is 16.5. The van der Waals surface area contributed by atoms with Crippen molar-refractivity contribution < 1.29 is 18.7 Å². The third-order valence-corrected chi connectivity index (χ3v) is 6.58. The molecule has 2 aliphatic rings. The number of oxazole rings is 1. The minimum atomic E-state index is -0.384. The Morgan fingerprint density at radius 3 is 2.74 bits per heavy atom. The smallest absolute Gasteiger partial charge is 0.298 e. The lowest BCUT2D eigenvalue weighted by molar-refractivity contribution is -0.145. The summed E-state index contributed by atoms with van der Waals surface area (Å²) in [6, 6.07) is 14.2. The van der Waals surface area contributed by atoms with Gasteiger partial charge in [-0.2, -0.15) is 4.98 Å². The van der Waals surface area contributed by atoms with Crippen LogP contribution in [0.1, 0.15) is 24.8 Å². The van der Waals surface area contributed by atoms with Gasteiger partial charge in [-0.05, 0) is 37.5 Å². The van der Waals surface area contributed by atoms with Crippen molar-refractivity contribution in [3.05, 3.63) is 48.0 Å². The van der Waals surface area contributed by atoms with E-state index in [-0.39, 0.29) is 11.3 Å². The average Bonchev–Trinajstić information content (AvgIpc) is 3.42. The largest absolute Gasteiger partial charge is 0.493 e. The number of ether oxygens (including phenoxy) is 2. The van der Waals surface area contributed by atoms with E-state index in [2.05, 4.69) is 9.88 Å². The second kappa shape index (κ2) is 7.80. The van der Waals surface area contributed by atoms with Gasteiger partial charge in [0.1, 0.15) is 5.52 Å². The third kappa shape index (κ3) is 3.38. The van der Waals surface area contributed by atoms with Gasteiger partial charge in [0.25, 0.3) is 6.01 Å². The van der Waals surface area contributed by atoms with Crippen molar-refractivity contribution in [2.45, 2.75) is 25.8 Å². The number of carbonyl (C=O) groups excluding carboxylic acids is 1. The maximum atomic E-state index is 13.6. The summed E-state index contributed by atoms with van der Waals surface area (Å²) in [4.78, 5) is 22.4. The summed E-state index contributed by atoms with van der Waals surface area (Å²) < 4.78 is 17.0. The van der Waals surface area contributed by atoms with Crippen molar-refractivity contribution in [3.8, 4) is 11.5 Å². The van der Waals surface area contributed by atoms with Crippen molar-refractivity contribution in [1.29, 1.82) is 0 Å². The summed E-state index contributed by atoms with van der Waals surface area (Å²) in [5, 5.41) is 0. The fraction of sp³-hybridized carbons (Fsp3) is 0.417. The van der Waals surface area contributed by atoms with Crippen LogP contribution in [0.15, 0.2) is 46.9 Å². The molecular formula is C24H27N3O4. The van der Waals surface area contributed by atoms with Crippen LogP contribution in [0.2, 0.25) is 0 Å². The Labute approximate surface area is 181 Å². The Kier molecular flexibility index (Phi) is 4.96. The molecule has 0 saturated carbocycles. The molecule has 7 nitrogen and oxygen atoms in total. The average molecular weight is 421 g/mol. The lowest BCUT2D eigenvalue weighted by Gasteiger charge is -2.39. The number of amides is 1. The number of piperidine rings is 1. The highest BCUT2D eigenvalue weighted by Crippen LogP contribution is 2.43. The van der Waals surface area contributed by atoms with Gasteiger partial charge in [0.05, 0.1) is 19.6 Å². The Morgan fingerprint density at radius 2 is 1.94 bits per heavy atom. The van der Waals surface area contributed by atoms with E-state index in [9.17, 15) is 4.79 Å². The molecule has 5 rings (SSSR count). The van der Waals surface area contributed by atoms with Crippen LogP contribution in [-0.4, -0.2) is 49.6 Å². The summed E-state index contributed by atoms with van der Waals surface area (Å²) >= 11 is 0. The molecule has 1 amide bonds. The molecule has 3 aromatic rings. The number of hydrogen-bond donors (Lipinski definition) is 0. The van der Waals surface area contributed by atoms with E-state index in [0.717, 1.165) is 49.0 Å². The van der Waals surface area contributed by atoms with Crippen molar-refractivity contribution in [1.82, 2.24) is 9.88 Å². The number of carbonyl (C=O) groups is 1. The van der Waals surface area contributed by atoms with E-state index in [0.29, 0.717) is 30.6 Å². The van der Waals surface area contributed by atoms with E-state index in [1.165, 1.54) is 0 Å². The summed E-state index contributed by atoms with van der Waals surface area (Å²) in [5.74, 6) is 1.58. The number of likely N-dealkylation sites (tertiary alicyclic amines) is 1. The molecule has 2 fully saturated rings. The van der Waals surface area contributed by atoms with Gasteiger partial charge in [0.15, 0.2) is 17.1 Å². The number of benzene rings is 2. The van der Waals surface area contributed by atoms with Gasteiger partial charge in [-0.15, -0.1) is 0 Å². The van der Waals surface area contributed by atoms with E-state index >= 15 is 0 Å². The number of rotatable bonds is 5. The molecule has 0 radical (unpaired) electrons. The zero-order valence-corrected chi connectivity index (χ0v) is 18.0. The molecule has 2 aliphatic heterocycles. The first-order valence-corrected chi connectivity index (χ1v) is 10.7. The lowest BCUT2D eigenvalue weighted by Crippen LogP contribution is -2.49. The van der Waals surface area contributed by atoms with Gasteiger partial charge in [0, 0.05) is 31.7 Å². The number of hydrogen-bond acceptors (Lipinski definition) is 6. The van der Waals surface area contributed by atoms with Crippen LogP contribution in [0.3, 0.4) is 0 Å². The molecule has 31 heavy (non-hydrogen) atoms. The molecule has 162 valence electrons. The molecular weight excluding hydrogens is 394 g/mol. The lowest BCUT2D eigenvalue weighted by atomic mass is 9.78. The van der Waals surface area contributed by atoms with Crippen molar-refractivity contribution in [2.24, 2.45) is 5.41 Å². The van der Waals surface area contributed by atoms with Crippen molar-refractivity contribution in [3.63, 3.8) is 0 Å². The predicted octanol–water partition coefficient (Wildman–Crippen LogP) is 3.86. The Hall–Kier alpha value is -3.22. The van der Waals surface area contributed by atoms with Gasteiger partial charge in [-0.1, -0.05) is 24.3 Å². The first-order valence-electron chi connectivity index (χ1n) is 10.7. The van der Waals surface area contributed by atoms with Crippen LogP contribution in [-0.2, 0) is 11.3 Å². The van der Waals surface area contributed by atoms with Crippen LogP contribution >= 0.6 is 0 Å². The summed E-state index contributed by atoms with van der Waals surface area (Å²) in [7, 11) is 3.26. The molecule has 0 N–H and O–H groups in total. The molecule has 1 aromatic heterocycles. The number of para-hydroxylation sites is 3. The fourth-order valence-corrected chi connectivity index (χ4v) is 5.00. The number of fused-ring (bicyclic) bond motifs is 1. The topological polar surface area (TPSA) is 68.0 Å². The molecule has 0 bridgehead atoms. The van der Waals surface area contributed by atoms with Crippen LogP contribution < -0.4 is 14.4 Å². The second-order valence-electron chi connectivity index (χ2n) is 8.40. The molecule has 0 unspecified atom stereocenters. The van der Waals surface area contributed by atoms with E-state index < -0.39 is 0 Å². The Bertz CT molecular complexity index is 1080. The number of anilines is 1. The van der Waals surface area contributed by atoms with Crippen LogP contribution in [0.25, 0.3) is 11.1 Å². The minimum absolute atomic E-state index is 0.210. The fourth-order valence-electron chi connectivity index (χ4n) is 5.00. The zero-order valence-electron chi connectivity index (χ0n) is 18.0. The molecule has 1 atom stereocenters. The van der Waals surface area contributed by atoms with E-state index in [4.69, 9.17) is 13.9 Å². The van der Waals surface area contributed by atoms with Gasteiger partial charge >= 0.3 is 0 Å². The van der Waals surface area contributed by atoms with Crippen LogP contribution in [0.5, 0.6) is 11.5 Å². The monoisotopic (exact) mass is 421 g/mol. The molecule has 2 saturated heterocycles. The molecule has 3 heterocycles. The number of nitrogens with zero attached hydrogens (tertiary/aromatic N) is 3. The molecule has 1 spiro atoms. The molecule has 7 heteroatoms. The van der Waals surface area contributed by atoms with Gasteiger partial charge < -0.3 is 23.7 Å². The first kappa shape index (κ1) is 19.7. The van der Waals surface area contributed by atoms with Crippen LogP contribution in [0, 0.1) is 5.41 Å². The molecule has 2 aromatic carbocycles. The third-order valence-electron chi connectivity index (χ3n) is 6.58. The predicted molar refractivity (Wildman–Crippen MR) is 117 cm³/mol. The van der Waals surface area contributed by atoms with Crippen molar-refractivity contribution in [2.75, 3.05) is 38.8 Å². The maximum absolute atomic E-state index is 13.6. The minimum Gasteiger partial charge on any atom is -0.493 e. The Balaban J connectivity index is 1.36. The standard InChI is InChI=1S/C24H27N3O4/c1-29-20-10-5-7-17(21(20)30-2)15-26-13-6-11-24(22(26)28)12-14-27(16-24)23-25-18-8-3-4-9-19(18)31-23/h3-5,7-10H,6,11-16H2,1-2H3/t24-/m1/s1. The molecule has 0 aliphatic carbocycles. The quantitative estimate of drug-likeness (QED) is 0.623. The first-order chi connectivity index (χ1) is 15.1. The maximum Gasteiger partial charge on any atom is 0.298 e. The van der Waals surface area contributed by atoms with Gasteiger partial charge in [-0.25, -0.2) is 0 Å². The van der Waals surface area contributed by atoms with Gasteiger partial charge in [-0.3, -0.25) is 4.79 Å². The summed E-state index contributed by atoms with van der Waals surface area (Å²) in [5.41, 5.74) is 2.20. The Morgan fingerprint density at radius 1 is 1.06 bits per heavy atom. The SMILES string of the molecule is COc1cccc(CN2CCC[C@]3(CCN(c4nc5ccccc5o4)C3)C2=O)c1OC. The van der Waals surface area contributed by atoms with E-state index in [1.807, 2.05) is 47.4 Å². The second-order valence-corrected chi connectivity index (χ2v) is 8.40. The highest BCUT2D eigenvalue weighted by Gasteiger charge is 2.49. The van der Waals surface area contributed by atoms with Crippen molar-refractivity contribution >= 4 is 23.0 Å². The number of aromatic nitrogens is 1. The van der Waals surface area contributed by atoms with E-state index in [1.54, 1.807) is 14.2 Å². The summed E-state index contributed by atoms with van der Waals surface area (Å²) in [6.07, 6.45) is 2.70. The highest BCUT2D eigenvalue weighted by molar-refractivity contribution is 5.85. The van der Waals surface area contributed by atoms with Gasteiger partial charge in [0.2, 0.25) is 5.91 Å². The summed E-state index contributed by atoms with van der Waals surface area (Å²) in [6.45, 7) is 2.69. The normalized spacial score (nSPS) is 21.3. The van der Waals surface area contributed by atoms with Crippen LogP contribution in [0.4, 0.5) is 6.01 Å².